The van der Waals surface area contributed by atoms with E-state index in [0.717, 1.165) is 11.3 Å². The first-order valence-corrected chi connectivity index (χ1v) is 6.68. The van der Waals surface area contributed by atoms with E-state index in [1.54, 1.807) is 24.7 Å². The maximum atomic E-state index is 12.1. The van der Waals surface area contributed by atoms with Gasteiger partial charge in [-0.15, -0.1) is 0 Å². The third-order valence-corrected chi connectivity index (χ3v) is 3.22. The van der Waals surface area contributed by atoms with E-state index in [1.807, 2.05) is 26.0 Å². The molecule has 1 aromatic heterocycles. The predicted molar refractivity (Wildman–Crippen MR) is 79.3 cm³/mol. The third-order valence-electron chi connectivity index (χ3n) is 3.22. The van der Waals surface area contributed by atoms with Crippen LogP contribution >= 0.6 is 0 Å². The Bertz CT molecular complexity index is 618. The van der Waals surface area contributed by atoms with Gasteiger partial charge in [0, 0.05) is 5.56 Å². The molecule has 2 amide bonds. The Labute approximate surface area is 122 Å². The van der Waals surface area contributed by atoms with E-state index in [2.05, 4.69) is 15.3 Å². The minimum atomic E-state index is -0.676. The first kappa shape index (κ1) is 14.8. The van der Waals surface area contributed by atoms with Gasteiger partial charge in [-0.1, -0.05) is 26.0 Å². The highest BCUT2D eigenvalue weighted by Gasteiger charge is 2.22. The molecule has 0 saturated heterocycles. The standard InChI is InChI=1S/C15H18N4O2/c1-9(2)13(14(16)20)19-15(21)11-5-3-10(4-6-11)12-7-17-8-18-12/h3-9,13H,1-2H3,(H2,16,20)(H,17,18)(H,19,21). The number of amides is 2. The number of aromatic amines is 1. The minimum Gasteiger partial charge on any atom is -0.368 e. The molecule has 110 valence electrons. The summed E-state index contributed by atoms with van der Waals surface area (Å²) in [4.78, 5) is 30.4. The highest BCUT2D eigenvalue weighted by Crippen LogP contribution is 2.16. The van der Waals surface area contributed by atoms with Gasteiger partial charge < -0.3 is 16.0 Å². The highest BCUT2D eigenvalue weighted by atomic mass is 16.2. The molecule has 21 heavy (non-hydrogen) atoms. The van der Waals surface area contributed by atoms with Gasteiger partial charge in [0.25, 0.3) is 5.91 Å². The molecule has 0 aliphatic rings. The van der Waals surface area contributed by atoms with E-state index >= 15 is 0 Å². The molecule has 0 fully saturated rings. The molecular weight excluding hydrogens is 268 g/mol. The van der Waals surface area contributed by atoms with Crippen LogP contribution in [0.3, 0.4) is 0 Å². The van der Waals surface area contributed by atoms with Crippen molar-refractivity contribution < 1.29 is 9.59 Å². The Hall–Kier alpha value is -2.63. The zero-order chi connectivity index (χ0) is 15.4. The molecule has 0 bridgehead atoms. The first-order valence-electron chi connectivity index (χ1n) is 6.68. The Morgan fingerprint density at radius 1 is 1.24 bits per heavy atom. The summed E-state index contributed by atoms with van der Waals surface area (Å²) in [6.07, 6.45) is 3.30. The van der Waals surface area contributed by atoms with Crippen molar-refractivity contribution in [2.45, 2.75) is 19.9 Å². The van der Waals surface area contributed by atoms with Crippen molar-refractivity contribution in [2.75, 3.05) is 0 Å². The summed E-state index contributed by atoms with van der Waals surface area (Å²) < 4.78 is 0. The number of nitrogens with one attached hydrogen (secondary N) is 2. The van der Waals surface area contributed by atoms with Gasteiger partial charge in [0.2, 0.25) is 5.91 Å². The molecule has 4 N–H and O–H groups in total. The van der Waals surface area contributed by atoms with Gasteiger partial charge in [0.05, 0.1) is 18.2 Å². The first-order chi connectivity index (χ1) is 9.99. The van der Waals surface area contributed by atoms with E-state index in [-0.39, 0.29) is 11.8 Å². The molecule has 0 aliphatic carbocycles. The number of rotatable bonds is 5. The molecule has 2 rings (SSSR count). The lowest BCUT2D eigenvalue weighted by molar-refractivity contribution is -0.120. The summed E-state index contributed by atoms with van der Waals surface area (Å²) in [6.45, 7) is 3.66. The summed E-state index contributed by atoms with van der Waals surface area (Å²) in [5.74, 6) is -0.910. The highest BCUT2D eigenvalue weighted by molar-refractivity contribution is 5.97. The second kappa shape index (κ2) is 6.21. The average Bonchev–Trinajstić information content (AvgIpc) is 2.98. The predicted octanol–water partition coefficient (Wildman–Crippen LogP) is 1.32. The van der Waals surface area contributed by atoms with Crippen LogP contribution < -0.4 is 11.1 Å². The van der Waals surface area contributed by atoms with Crippen LogP contribution in [0.2, 0.25) is 0 Å². The number of imidazole rings is 1. The van der Waals surface area contributed by atoms with Crippen LogP contribution in [0.25, 0.3) is 11.3 Å². The van der Waals surface area contributed by atoms with Crippen LogP contribution in [0.5, 0.6) is 0 Å². The minimum absolute atomic E-state index is 0.0595. The van der Waals surface area contributed by atoms with Crippen molar-refractivity contribution in [3.8, 4) is 11.3 Å². The lowest BCUT2D eigenvalue weighted by Gasteiger charge is -2.18. The van der Waals surface area contributed by atoms with Crippen LogP contribution in [0, 0.1) is 5.92 Å². The molecule has 6 nitrogen and oxygen atoms in total. The number of aromatic nitrogens is 2. The van der Waals surface area contributed by atoms with E-state index in [1.165, 1.54) is 0 Å². The molecule has 0 aliphatic heterocycles. The molecule has 0 radical (unpaired) electrons. The van der Waals surface area contributed by atoms with Gasteiger partial charge in [-0.2, -0.15) is 0 Å². The molecular formula is C15H18N4O2. The van der Waals surface area contributed by atoms with Crippen molar-refractivity contribution in [1.82, 2.24) is 15.3 Å². The van der Waals surface area contributed by atoms with Crippen molar-refractivity contribution >= 4 is 11.8 Å². The van der Waals surface area contributed by atoms with Crippen molar-refractivity contribution in [1.29, 1.82) is 0 Å². The quantitative estimate of drug-likeness (QED) is 0.772. The van der Waals surface area contributed by atoms with Crippen LogP contribution in [-0.4, -0.2) is 27.8 Å². The van der Waals surface area contributed by atoms with Gasteiger partial charge in [-0.25, -0.2) is 4.98 Å². The Morgan fingerprint density at radius 2 is 1.90 bits per heavy atom. The van der Waals surface area contributed by atoms with Gasteiger partial charge in [-0.3, -0.25) is 9.59 Å². The fourth-order valence-corrected chi connectivity index (χ4v) is 2.01. The summed E-state index contributed by atoms with van der Waals surface area (Å²) in [6, 6.07) is 6.35. The summed E-state index contributed by atoms with van der Waals surface area (Å²) in [7, 11) is 0. The van der Waals surface area contributed by atoms with Crippen LogP contribution in [0.4, 0.5) is 0 Å². The molecule has 1 aromatic carbocycles. The van der Waals surface area contributed by atoms with Crippen molar-refractivity contribution in [2.24, 2.45) is 11.7 Å². The number of carbonyl (C=O) groups excluding carboxylic acids is 2. The van der Waals surface area contributed by atoms with Gasteiger partial charge in [-0.05, 0) is 23.6 Å². The average molecular weight is 286 g/mol. The topological polar surface area (TPSA) is 101 Å². The Morgan fingerprint density at radius 3 is 2.38 bits per heavy atom. The molecule has 1 atom stereocenters. The molecule has 1 unspecified atom stereocenters. The molecule has 1 heterocycles. The number of hydrogen-bond acceptors (Lipinski definition) is 3. The Balaban J connectivity index is 2.11. The number of nitrogens with zero attached hydrogens (tertiary/aromatic N) is 1. The fraction of sp³-hybridized carbons (Fsp3) is 0.267. The largest absolute Gasteiger partial charge is 0.368 e. The zero-order valence-electron chi connectivity index (χ0n) is 12.0. The normalized spacial score (nSPS) is 12.1. The molecule has 6 heteroatoms. The summed E-state index contributed by atoms with van der Waals surface area (Å²) in [5, 5.41) is 2.65. The fourth-order valence-electron chi connectivity index (χ4n) is 2.01. The van der Waals surface area contributed by atoms with Crippen molar-refractivity contribution in [3.05, 3.63) is 42.4 Å². The van der Waals surface area contributed by atoms with Crippen LogP contribution in [-0.2, 0) is 4.79 Å². The molecule has 0 saturated carbocycles. The Kier molecular flexibility index (Phi) is 4.37. The van der Waals surface area contributed by atoms with Crippen molar-refractivity contribution in [3.63, 3.8) is 0 Å². The SMILES string of the molecule is CC(C)C(NC(=O)c1ccc(-c2cnc[nH]2)cc1)C(N)=O. The maximum Gasteiger partial charge on any atom is 0.251 e. The summed E-state index contributed by atoms with van der Waals surface area (Å²) >= 11 is 0. The second-order valence-electron chi connectivity index (χ2n) is 5.14. The van der Waals surface area contributed by atoms with E-state index < -0.39 is 11.9 Å². The summed E-state index contributed by atoms with van der Waals surface area (Å²) in [5.41, 5.74) is 7.57. The van der Waals surface area contributed by atoms with E-state index in [0.29, 0.717) is 5.56 Å². The number of carbonyl (C=O) groups is 2. The smallest absolute Gasteiger partial charge is 0.251 e. The van der Waals surface area contributed by atoms with E-state index in [9.17, 15) is 9.59 Å². The third kappa shape index (κ3) is 3.47. The van der Waals surface area contributed by atoms with Crippen LogP contribution in [0.15, 0.2) is 36.8 Å². The van der Waals surface area contributed by atoms with Gasteiger partial charge >= 0.3 is 0 Å². The van der Waals surface area contributed by atoms with Crippen LogP contribution in [0.1, 0.15) is 24.2 Å². The number of benzene rings is 1. The maximum absolute atomic E-state index is 12.1. The van der Waals surface area contributed by atoms with E-state index in [4.69, 9.17) is 5.73 Å². The monoisotopic (exact) mass is 286 g/mol. The molecule has 2 aromatic rings. The number of hydrogen-bond donors (Lipinski definition) is 3. The zero-order valence-corrected chi connectivity index (χ0v) is 12.0. The number of nitrogens with two attached hydrogens (primary N) is 1. The van der Waals surface area contributed by atoms with Gasteiger partial charge in [0.15, 0.2) is 0 Å². The lowest BCUT2D eigenvalue weighted by atomic mass is 10.0. The number of primary amides is 1. The van der Waals surface area contributed by atoms with Gasteiger partial charge in [0.1, 0.15) is 6.04 Å². The lowest BCUT2D eigenvalue weighted by Crippen LogP contribution is -2.47. The number of H-pyrrole nitrogens is 1. The second-order valence-corrected chi connectivity index (χ2v) is 5.14. The molecule has 0 spiro atoms.